The molecule has 0 fully saturated rings. The molecule has 0 atom stereocenters. The predicted molar refractivity (Wildman–Crippen MR) is 101 cm³/mol. The molecule has 3 rings (SSSR count). The first-order valence-electron chi connectivity index (χ1n) is 7.27. The highest BCUT2D eigenvalue weighted by Gasteiger charge is 2.10. The maximum absolute atomic E-state index is 12.1. The lowest BCUT2D eigenvalue weighted by molar-refractivity contribution is -0.115. The van der Waals surface area contributed by atoms with Gasteiger partial charge in [-0.3, -0.25) is 4.79 Å². The van der Waals surface area contributed by atoms with Crippen molar-refractivity contribution in [2.45, 2.75) is 13.3 Å². The van der Waals surface area contributed by atoms with E-state index in [1.165, 1.54) is 16.9 Å². The van der Waals surface area contributed by atoms with Gasteiger partial charge in [0.2, 0.25) is 5.91 Å². The van der Waals surface area contributed by atoms with Gasteiger partial charge in [-0.2, -0.15) is 0 Å². The molecule has 2 aromatic carbocycles. The zero-order valence-corrected chi connectivity index (χ0v) is 15.2. The Morgan fingerprint density at radius 2 is 1.88 bits per heavy atom. The maximum Gasteiger partial charge on any atom is 0.230 e. The van der Waals surface area contributed by atoms with Gasteiger partial charge in [-0.25, -0.2) is 4.98 Å². The summed E-state index contributed by atoms with van der Waals surface area (Å²) in [4.78, 5) is 16.6. The molecule has 0 saturated carbocycles. The molecule has 0 spiro atoms. The minimum atomic E-state index is -0.141. The van der Waals surface area contributed by atoms with Crippen LogP contribution in [0.1, 0.15) is 11.1 Å². The van der Waals surface area contributed by atoms with Crippen LogP contribution >= 0.6 is 34.5 Å². The normalized spacial score (nSPS) is 10.6. The van der Waals surface area contributed by atoms with Crippen LogP contribution in [-0.2, 0) is 11.2 Å². The Morgan fingerprint density at radius 1 is 1.12 bits per heavy atom. The van der Waals surface area contributed by atoms with E-state index >= 15 is 0 Å². The molecular formula is C18H14Cl2N2OS. The Labute approximate surface area is 154 Å². The largest absolute Gasteiger partial charge is 0.302 e. The minimum absolute atomic E-state index is 0.141. The molecule has 3 aromatic rings. The van der Waals surface area contributed by atoms with E-state index in [-0.39, 0.29) is 12.3 Å². The zero-order chi connectivity index (χ0) is 17.1. The molecule has 0 unspecified atom stereocenters. The van der Waals surface area contributed by atoms with E-state index in [0.717, 1.165) is 16.8 Å². The number of thiazole rings is 1. The van der Waals surface area contributed by atoms with Crippen molar-refractivity contribution in [1.82, 2.24) is 4.98 Å². The summed E-state index contributed by atoms with van der Waals surface area (Å²) in [6, 6.07) is 13.3. The third-order valence-electron chi connectivity index (χ3n) is 3.45. The van der Waals surface area contributed by atoms with Gasteiger partial charge >= 0.3 is 0 Å². The summed E-state index contributed by atoms with van der Waals surface area (Å²) < 4.78 is 0. The molecule has 0 aliphatic carbocycles. The Balaban J connectivity index is 1.66. The molecule has 1 N–H and O–H groups in total. The molecule has 0 aliphatic rings. The van der Waals surface area contributed by atoms with Gasteiger partial charge in [0, 0.05) is 10.9 Å². The van der Waals surface area contributed by atoms with Crippen LogP contribution < -0.4 is 5.32 Å². The number of amides is 1. The number of carbonyl (C=O) groups excluding carboxylic acids is 1. The highest BCUT2D eigenvalue weighted by molar-refractivity contribution is 7.14. The van der Waals surface area contributed by atoms with Crippen molar-refractivity contribution in [1.29, 1.82) is 0 Å². The van der Waals surface area contributed by atoms with Crippen molar-refractivity contribution in [3.05, 3.63) is 69.0 Å². The number of hydrogen-bond acceptors (Lipinski definition) is 3. The molecule has 1 heterocycles. The summed E-state index contributed by atoms with van der Waals surface area (Å²) in [5, 5.41) is 6.25. The van der Waals surface area contributed by atoms with Crippen LogP contribution in [0.2, 0.25) is 10.0 Å². The fourth-order valence-electron chi connectivity index (χ4n) is 2.19. The highest BCUT2D eigenvalue weighted by atomic mass is 35.5. The molecule has 0 aliphatic heterocycles. The van der Waals surface area contributed by atoms with E-state index in [2.05, 4.69) is 10.3 Å². The Kier molecular flexibility index (Phi) is 5.19. The topological polar surface area (TPSA) is 42.0 Å². The SMILES string of the molecule is Cc1ccc(-c2csc(NC(=O)Cc3ccc(Cl)c(Cl)c3)n2)cc1. The smallest absolute Gasteiger partial charge is 0.230 e. The van der Waals surface area contributed by atoms with E-state index in [9.17, 15) is 4.79 Å². The number of carbonyl (C=O) groups is 1. The average molecular weight is 377 g/mol. The number of aromatic nitrogens is 1. The quantitative estimate of drug-likeness (QED) is 0.642. The molecule has 1 aromatic heterocycles. The van der Waals surface area contributed by atoms with Crippen molar-refractivity contribution in [2.75, 3.05) is 5.32 Å². The second-order valence-corrected chi connectivity index (χ2v) is 7.05. The van der Waals surface area contributed by atoms with Gasteiger partial charge in [0.25, 0.3) is 0 Å². The number of benzene rings is 2. The van der Waals surface area contributed by atoms with Crippen LogP contribution in [0.15, 0.2) is 47.8 Å². The first kappa shape index (κ1) is 17.0. The maximum atomic E-state index is 12.1. The molecule has 3 nitrogen and oxygen atoms in total. The summed E-state index contributed by atoms with van der Waals surface area (Å²) in [7, 11) is 0. The number of anilines is 1. The van der Waals surface area contributed by atoms with Gasteiger partial charge in [0.1, 0.15) is 0 Å². The predicted octanol–water partition coefficient (Wildman–Crippen LogP) is 5.61. The van der Waals surface area contributed by atoms with Crippen molar-refractivity contribution < 1.29 is 4.79 Å². The lowest BCUT2D eigenvalue weighted by Crippen LogP contribution is -2.14. The van der Waals surface area contributed by atoms with E-state index in [4.69, 9.17) is 23.2 Å². The third-order valence-corrected chi connectivity index (χ3v) is 4.94. The van der Waals surface area contributed by atoms with Gasteiger partial charge in [0.05, 0.1) is 22.2 Å². The average Bonchev–Trinajstić information content (AvgIpc) is 3.00. The van der Waals surface area contributed by atoms with Crippen LogP contribution in [0.5, 0.6) is 0 Å². The van der Waals surface area contributed by atoms with E-state index in [1.54, 1.807) is 18.2 Å². The van der Waals surface area contributed by atoms with Crippen LogP contribution in [0.4, 0.5) is 5.13 Å². The van der Waals surface area contributed by atoms with Crippen molar-refractivity contribution in [3.63, 3.8) is 0 Å². The second-order valence-electron chi connectivity index (χ2n) is 5.38. The lowest BCUT2D eigenvalue weighted by Gasteiger charge is -2.03. The van der Waals surface area contributed by atoms with Gasteiger partial charge in [-0.05, 0) is 24.6 Å². The Bertz CT molecular complexity index is 875. The van der Waals surface area contributed by atoms with Crippen LogP contribution in [-0.4, -0.2) is 10.9 Å². The summed E-state index contributed by atoms with van der Waals surface area (Å²) >= 11 is 13.2. The summed E-state index contributed by atoms with van der Waals surface area (Å²) in [5.74, 6) is -0.141. The van der Waals surface area contributed by atoms with Crippen LogP contribution in [0.25, 0.3) is 11.3 Å². The number of nitrogens with one attached hydrogen (secondary N) is 1. The van der Waals surface area contributed by atoms with E-state index in [1.807, 2.05) is 36.6 Å². The highest BCUT2D eigenvalue weighted by Crippen LogP contribution is 2.26. The van der Waals surface area contributed by atoms with Crippen molar-refractivity contribution >= 4 is 45.6 Å². The first-order valence-corrected chi connectivity index (χ1v) is 8.91. The molecule has 6 heteroatoms. The molecule has 0 bridgehead atoms. The summed E-state index contributed by atoms with van der Waals surface area (Å²) in [6.45, 7) is 2.04. The third kappa shape index (κ3) is 4.15. The molecule has 24 heavy (non-hydrogen) atoms. The van der Waals surface area contributed by atoms with Crippen molar-refractivity contribution in [3.8, 4) is 11.3 Å². The van der Waals surface area contributed by atoms with Gasteiger partial charge in [-0.1, -0.05) is 59.1 Å². The van der Waals surface area contributed by atoms with Gasteiger partial charge in [-0.15, -0.1) is 11.3 Å². The molecule has 0 saturated heterocycles. The summed E-state index contributed by atoms with van der Waals surface area (Å²) in [5.41, 5.74) is 3.88. The van der Waals surface area contributed by atoms with Gasteiger partial charge in [0.15, 0.2) is 5.13 Å². The Hall–Kier alpha value is -1.88. The number of nitrogens with zero attached hydrogens (tertiary/aromatic N) is 1. The van der Waals surface area contributed by atoms with E-state index in [0.29, 0.717) is 15.2 Å². The molecular weight excluding hydrogens is 363 g/mol. The van der Waals surface area contributed by atoms with E-state index < -0.39 is 0 Å². The zero-order valence-electron chi connectivity index (χ0n) is 12.8. The van der Waals surface area contributed by atoms with Gasteiger partial charge < -0.3 is 5.32 Å². The number of hydrogen-bond donors (Lipinski definition) is 1. The first-order chi connectivity index (χ1) is 11.5. The number of halogens is 2. The molecule has 0 radical (unpaired) electrons. The second kappa shape index (κ2) is 7.34. The van der Waals surface area contributed by atoms with Crippen LogP contribution in [0.3, 0.4) is 0 Å². The lowest BCUT2D eigenvalue weighted by atomic mass is 10.1. The minimum Gasteiger partial charge on any atom is -0.302 e. The van der Waals surface area contributed by atoms with Crippen molar-refractivity contribution in [2.24, 2.45) is 0 Å². The fourth-order valence-corrected chi connectivity index (χ4v) is 3.24. The number of rotatable bonds is 4. The monoisotopic (exact) mass is 376 g/mol. The molecule has 1 amide bonds. The summed E-state index contributed by atoms with van der Waals surface area (Å²) in [6.07, 6.45) is 0.219. The molecule has 122 valence electrons. The van der Waals surface area contributed by atoms with Crippen LogP contribution in [0, 0.1) is 6.92 Å². The fraction of sp³-hybridized carbons (Fsp3) is 0.111. The standard InChI is InChI=1S/C18H14Cl2N2OS/c1-11-2-5-13(6-3-11)16-10-24-18(21-16)22-17(23)9-12-4-7-14(19)15(20)8-12/h2-8,10H,9H2,1H3,(H,21,22,23). The Morgan fingerprint density at radius 3 is 2.58 bits per heavy atom. The number of aryl methyl sites for hydroxylation is 1.